The Labute approximate surface area is 164 Å². The molecule has 1 amide bonds. The van der Waals surface area contributed by atoms with Crippen LogP contribution in [-0.2, 0) is 13.0 Å². The third kappa shape index (κ3) is 4.35. The topological polar surface area (TPSA) is 46.9 Å². The van der Waals surface area contributed by atoms with E-state index in [9.17, 15) is 4.79 Å². The second kappa shape index (κ2) is 8.35. The molecule has 28 heavy (non-hydrogen) atoms. The van der Waals surface area contributed by atoms with Crippen LogP contribution in [0.4, 0.5) is 5.69 Å². The normalized spacial score (nSPS) is 10.6. The molecular formula is C24H21N3O. The molecule has 4 aromatic rings. The predicted molar refractivity (Wildman–Crippen MR) is 111 cm³/mol. The zero-order valence-electron chi connectivity index (χ0n) is 15.5. The van der Waals surface area contributed by atoms with E-state index in [1.54, 1.807) is 17.1 Å². The summed E-state index contributed by atoms with van der Waals surface area (Å²) in [5.74, 6) is -0.153. The Morgan fingerprint density at radius 3 is 2.21 bits per heavy atom. The fraction of sp³-hybridized carbons (Fsp3) is 0.0833. The molecule has 0 aliphatic carbocycles. The minimum Gasteiger partial charge on any atom is -0.322 e. The lowest BCUT2D eigenvalue weighted by Crippen LogP contribution is -2.13. The monoisotopic (exact) mass is 367 g/mol. The van der Waals surface area contributed by atoms with Crippen LogP contribution in [0.3, 0.4) is 0 Å². The van der Waals surface area contributed by atoms with Gasteiger partial charge < -0.3 is 5.32 Å². The summed E-state index contributed by atoms with van der Waals surface area (Å²) in [6.07, 6.45) is 4.16. The number of nitrogens with zero attached hydrogens (tertiary/aromatic N) is 2. The van der Waals surface area contributed by atoms with Gasteiger partial charge in [-0.3, -0.25) is 9.48 Å². The highest BCUT2D eigenvalue weighted by Crippen LogP contribution is 2.20. The molecule has 0 aliphatic heterocycles. The average Bonchev–Trinajstić information content (AvgIpc) is 3.20. The molecule has 0 aliphatic rings. The highest BCUT2D eigenvalue weighted by Gasteiger charge is 2.12. The number of amides is 1. The Kier molecular flexibility index (Phi) is 5.29. The van der Waals surface area contributed by atoms with Gasteiger partial charge in [0.2, 0.25) is 0 Å². The molecule has 4 heteroatoms. The summed E-state index contributed by atoms with van der Waals surface area (Å²) in [7, 11) is 0. The van der Waals surface area contributed by atoms with E-state index in [-0.39, 0.29) is 5.91 Å². The van der Waals surface area contributed by atoms with E-state index in [1.807, 2.05) is 72.8 Å². The molecule has 3 aromatic carbocycles. The highest BCUT2D eigenvalue weighted by molar-refractivity contribution is 6.04. The van der Waals surface area contributed by atoms with Crippen molar-refractivity contribution in [2.45, 2.75) is 13.0 Å². The smallest absolute Gasteiger partial charge is 0.258 e. The maximum Gasteiger partial charge on any atom is 0.258 e. The van der Waals surface area contributed by atoms with Gasteiger partial charge in [-0.2, -0.15) is 5.10 Å². The standard InChI is InChI=1S/C24H21N3O/c28-24(22-16-25-27(18-22)17-20-11-5-2-6-12-20)26-23-14-8-7-13-21(23)15-19-9-3-1-4-10-19/h1-14,16,18H,15,17H2,(H,26,28). The van der Waals surface area contributed by atoms with Crippen LogP contribution in [0.2, 0.25) is 0 Å². The molecule has 0 saturated heterocycles. The van der Waals surface area contributed by atoms with Crippen molar-refractivity contribution in [3.05, 3.63) is 120 Å². The van der Waals surface area contributed by atoms with Gasteiger partial charge in [-0.15, -0.1) is 0 Å². The van der Waals surface area contributed by atoms with Crippen molar-refractivity contribution in [3.63, 3.8) is 0 Å². The van der Waals surface area contributed by atoms with Crippen LogP contribution >= 0.6 is 0 Å². The Morgan fingerprint density at radius 2 is 1.46 bits per heavy atom. The van der Waals surface area contributed by atoms with E-state index in [2.05, 4.69) is 22.5 Å². The van der Waals surface area contributed by atoms with E-state index in [0.29, 0.717) is 12.1 Å². The fourth-order valence-corrected chi connectivity index (χ4v) is 3.14. The maximum absolute atomic E-state index is 12.7. The van der Waals surface area contributed by atoms with Gasteiger partial charge in [0.1, 0.15) is 0 Å². The Balaban J connectivity index is 1.47. The van der Waals surface area contributed by atoms with Crippen molar-refractivity contribution in [2.24, 2.45) is 0 Å². The first-order valence-corrected chi connectivity index (χ1v) is 9.27. The molecule has 0 unspecified atom stereocenters. The lowest BCUT2D eigenvalue weighted by molar-refractivity contribution is 0.102. The van der Waals surface area contributed by atoms with E-state index >= 15 is 0 Å². The van der Waals surface area contributed by atoms with Crippen molar-refractivity contribution < 1.29 is 4.79 Å². The van der Waals surface area contributed by atoms with Gasteiger partial charge in [0.25, 0.3) is 5.91 Å². The summed E-state index contributed by atoms with van der Waals surface area (Å²) in [6.45, 7) is 0.638. The zero-order valence-corrected chi connectivity index (χ0v) is 15.5. The number of aromatic nitrogens is 2. The first-order chi connectivity index (χ1) is 13.8. The summed E-state index contributed by atoms with van der Waals surface area (Å²) in [5, 5.41) is 7.35. The van der Waals surface area contributed by atoms with Crippen molar-refractivity contribution in [1.29, 1.82) is 0 Å². The van der Waals surface area contributed by atoms with Gasteiger partial charge in [-0.1, -0.05) is 78.9 Å². The molecule has 4 rings (SSSR count). The van der Waals surface area contributed by atoms with Gasteiger partial charge >= 0.3 is 0 Å². The van der Waals surface area contributed by atoms with Crippen LogP contribution in [0, 0.1) is 0 Å². The molecule has 4 nitrogen and oxygen atoms in total. The van der Waals surface area contributed by atoms with Gasteiger partial charge in [0, 0.05) is 11.9 Å². The van der Waals surface area contributed by atoms with Crippen molar-refractivity contribution in [2.75, 3.05) is 5.32 Å². The molecule has 0 saturated carbocycles. The first kappa shape index (κ1) is 17.7. The number of hydrogen-bond donors (Lipinski definition) is 1. The second-order valence-corrected chi connectivity index (χ2v) is 6.69. The Bertz CT molecular complexity index is 1060. The van der Waals surface area contributed by atoms with Gasteiger partial charge in [0.05, 0.1) is 18.3 Å². The molecule has 0 radical (unpaired) electrons. The molecule has 1 N–H and O–H groups in total. The number of benzene rings is 3. The number of nitrogens with one attached hydrogen (secondary N) is 1. The number of carbonyl (C=O) groups is 1. The molecule has 0 fully saturated rings. The van der Waals surface area contributed by atoms with Crippen LogP contribution in [0.1, 0.15) is 27.0 Å². The first-order valence-electron chi connectivity index (χ1n) is 9.27. The summed E-state index contributed by atoms with van der Waals surface area (Å²) >= 11 is 0. The van der Waals surface area contributed by atoms with Crippen LogP contribution in [0.15, 0.2) is 97.3 Å². The summed E-state index contributed by atoms with van der Waals surface area (Å²) in [5.41, 5.74) is 4.81. The minimum absolute atomic E-state index is 0.153. The molecule has 138 valence electrons. The van der Waals surface area contributed by atoms with Crippen LogP contribution < -0.4 is 5.32 Å². The van der Waals surface area contributed by atoms with Crippen LogP contribution in [0.25, 0.3) is 0 Å². The third-order valence-electron chi connectivity index (χ3n) is 4.59. The van der Waals surface area contributed by atoms with Gasteiger partial charge in [0.15, 0.2) is 0 Å². The molecule has 0 atom stereocenters. The number of rotatable bonds is 6. The SMILES string of the molecule is O=C(Nc1ccccc1Cc1ccccc1)c1cnn(Cc2ccccc2)c1. The van der Waals surface area contributed by atoms with E-state index in [4.69, 9.17) is 0 Å². The van der Waals surface area contributed by atoms with E-state index in [0.717, 1.165) is 23.2 Å². The number of hydrogen-bond acceptors (Lipinski definition) is 2. The maximum atomic E-state index is 12.7. The van der Waals surface area contributed by atoms with Crippen LogP contribution in [-0.4, -0.2) is 15.7 Å². The Morgan fingerprint density at radius 1 is 0.821 bits per heavy atom. The third-order valence-corrected chi connectivity index (χ3v) is 4.59. The largest absolute Gasteiger partial charge is 0.322 e. The van der Waals surface area contributed by atoms with Gasteiger partial charge in [-0.05, 0) is 29.2 Å². The number of para-hydroxylation sites is 1. The second-order valence-electron chi connectivity index (χ2n) is 6.69. The molecule has 0 spiro atoms. The predicted octanol–water partition coefficient (Wildman–Crippen LogP) is 4.77. The summed E-state index contributed by atoms with van der Waals surface area (Å²) in [4.78, 5) is 12.7. The lowest BCUT2D eigenvalue weighted by Gasteiger charge is -2.10. The van der Waals surface area contributed by atoms with Crippen molar-refractivity contribution in [1.82, 2.24) is 9.78 Å². The van der Waals surface area contributed by atoms with Crippen LogP contribution in [0.5, 0.6) is 0 Å². The van der Waals surface area contributed by atoms with E-state index < -0.39 is 0 Å². The summed E-state index contributed by atoms with van der Waals surface area (Å²) < 4.78 is 1.78. The van der Waals surface area contributed by atoms with Crippen molar-refractivity contribution >= 4 is 11.6 Å². The molecule has 1 heterocycles. The van der Waals surface area contributed by atoms with Gasteiger partial charge in [-0.25, -0.2) is 0 Å². The number of anilines is 1. The molecule has 1 aromatic heterocycles. The fourth-order valence-electron chi connectivity index (χ4n) is 3.14. The molecule has 0 bridgehead atoms. The van der Waals surface area contributed by atoms with Crippen molar-refractivity contribution in [3.8, 4) is 0 Å². The average molecular weight is 367 g/mol. The van der Waals surface area contributed by atoms with E-state index in [1.165, 1.54) is 5.56 Å². The number of carbonyl (C=O) groups excluding carboxylic acids is 1. The highest BCUT2D eigenvalue weighted by atomic mass is 16.1. The quantitative estimate of drug-likeness (QED) is 0.533. The minimum atomic E-state index is -0.153. The molecular weight excluding hydrogens is 346 g/mol. The zero-order chi connectivity index (χ0) is 19.2. The Hall–Kier alpha value is -3.66. The lowest BCUT2D eigenvalue weighted by atomic mass is 10.0. The summed E-state index contributed by atoms with van der Waals surface area (Å²) in [6, 6.07) is 28.2.